The lowest BCUT2D eigenvalue weighted by molar-refractivity contribution is -0.149. The van der Waals surface area contributed by atoms with Gasteiger partial charge in [0.1, 0.15) is 5.82 Å². The molecule has 7 nitrogen and oxygen atoms in total. The molecule has 6 rings (SSSR count). The first kappa shape index (κ1) is 27.5. The molecular formula is C32H45FN6O. The van der Waals surface area contributed by atoms with Crippen LogP contribution in [0.15, 0.2) is 42.6 Å². The summed E-state index contributed by atoms with van der Waals surface area (Å²) in [5, 5.41) is 0. The normalized spacial score (nSPS) is 28.0. The van der Waals surface area contributed by atoms with Crippen LogP contribution in [0, 0.1) is 0 Å². The molecule has 0 bridgehead atoms. The molecule has 4 aliphatic heterocycles. The number of fused-ring (bicyclic) bond motifs is 3. The van der Waals surface area contributed by atoms with Crippen molar-refractivity contribution in [2.75, 3.05) is 56.9 Å². The Hall–Kier alpha value is -2.71. The molecule has 1 aromatic heterocycles. The summed E-state index contributed by atoms with van der Waals surface area (Å²) in [5.41, 5.74) is 8.25. The Kier molecular flexibility index (Phi) is 7.51. The lowest BCUT2D eigenvalue weighted by Gasteiger charge is -2.45. The third kappa shape index (κ3) is 5.09. The van der Waals surface area contributed by atoms with Gasteiger partial charge in [-0.1, -0.05) is 25.1 Å². The quantitative estimate of drug-likeness (QED) is 0.617. The number of anilines is 2. The number of nitrogens with two attached hydrogens (primary N) is 1. The Morgan fingerprint density at radius 2 is 1.77 bits per heavy atom. The first-order valence-corrected chi connectivity index (χ1v) is 15.2. The number of carbonyl (C=O) groups is 1. The molecule has 8 heteroatoms. The number of hydrogen-bond donors (Lipinski definition) is 1. The van der Waals surface area contributed by atoms with Gasteiger partial charge in [0.05, 0.1) is 0 Å². The summed E-state index contributed by atoms with van der Waals surface area (Å²) in [6.07, 6.45) is 7.63. The maximum absolute atomic E-state index is 15.9. The van der Waals surface area contributed by atoms with Crippen molar-refractivity contribution in [1.29, 1.82) is 0 Å². The van der Waals surface area contributed by atoms with Gasteiger partial charge in [-0.05, 0) is 68.0 Å². The summed E-state index contributed by atoms with van der Waals surface area (Å²) in [4.78, 5) is 26.6. The number of para-hydroxylation sites is 1. The minimum Gasteiger partial charge on any atom is -0.384 e. The molecule has 0 saturated carbocycles. The fraction of sp³-hybridized carbons (Fsp3) is 0.625. The number of nitrogens with zero attached hydrogens (tertiary/aromatic N) is 5. The van der Waals surface area contributed by atoms with E-state index in [1.807, 2.05) is 17.0 Å². The van der Waals surface area contributed by atoms with Gasteiger partial charge >= 0.3 is 0 Å². The van der Waals surface area contributed by atoms with E-state index in [9.17, 15) is 4.79 Å². The molecule has 0 spiro atoms. The highest BCUT2D eigenvalue weighted by Crippen LogP contribution is 2.49. The first-order chi connectivity index (χ1) is 19.3. The number of alkyl halides is 1. The molecule has 2 N–H and O–H groups in total. The van der Waals surface area contributed by atoms with Gasteiger partial charge in [0.25, 0.3) is 5.91 Å². The van der Waals surface area contributed by atoms with Crippen molar-refractivity contribution in [2.45, 2.75) is 81.6 Å². The molecule has 40 heavy (non-hydrogen) atoms. The van der Waals surface area contributed by atoms with E-state index >= 15 is 4.39 Å². The van der Waals surface area contributed by atoms with Crippen LogP contribution in [-0.4, -0.2) is 89.7 Å². The van der Waals surface area contributed by atoms with E-state index in [2.05, 4.69) is 57.9 Å². The van der Waals surface area contributed by atoms with E-state index in [0.717, 1.165) is 37.9 Å². The van der Waals surface area contributed by atoms with Crippen molar-refractivity contribution in [3.63, 3.8) is 0 Å². The van der Waals surface area contributed by atoms with Crippen LogP contribution < -0.4 is 10.6 Å². The standard InChI is InChI=1S/C32H45FN6O/c1-31-12-5-16-38(19-11-28(31)36(2)27-7-4-3-6-26(27)31)25-9-17-39(18-10-25)30(40)32(33)13-20-37(21-14-32)23-24-8-15-35-29(34)22-24/h3-4,6-8,15,22,25,28H,5,9-14,16-21,23H2,1-2H3,(H2,34,35). The van der Waals surface area contributed by atoms with Crippen molar-refractivity contribution in [1.82, 2.24) is 19.7 Å². The number of hydrogen-bond acceptors (Lipinski definition) is 6. The van der Waals surface area contributed by atoms with Crippen LogP contribution in [0.2, 0.25) is 0 Å². The number of pyridine rings is 1. The average molecular weight is 549 g/mol. The maximum Gasteiger partial charge on any atom is 0.260 e. The third-order valence-electron chi connectivity index (χ3n) is 10.5. The Morgan fingerprint density at radius 1 is 1.02 bits per heavy atom. The third-order valence-corrected chi connectivity index (χ3v) is 10.5. The summed E-state index contributed by atoms with van der Waals surface area (Å²) in [5.74, 6) is 0.214. The molecule has 1 amide bonds. The molecule has 4 aliphatic rings. The number of amides is 1. The summed E-state index contributed by atoms with van der Waals surface area (Å²) < 4.78 is 15.9. The SMILES string of the molecule is CN1c2ccccc2C2(C)CCCN(C3CCN(C(=O)C4(F)CCN(Cc5ccnc(N)c5)CC4)CC3)CCC12. The molecule has 2 unspecified atom stereocenters. The van der Waals surface area contributed by atoms with Crippen LogP contribution in [-0.2, 0) is 16.8 Å². The van der Waals surface area contributed by atoms with Gasteiger partial charge in [-0.15, -0.1) is 0 Å². The number of benzene rings is 1. The van der Waals surface area contributed by atoms with Gasteiger partial charge in [-0.3, -0.25) is 9.69 Å². The zero-order valence-electron chi connectivity index (χ0n) is 24.2. The Bertz CT molecular complexity index is 1210. The van der Waals surface area contributed by atoms with Gasteiger partial charge < -0.3 is 20.4 Å². The van der Waals surface area contributed by atoms with E-state index in [-0.39, 0.29) is 24.2 Å². The average Bonchev–Trinajstić information content (AvgIpc) is 3.16. The van der Waals surface area contributed by atoms with Crippen LogP contribution in [0.25, 0.3) is 0 Å². The number of nitrogen functional groups attached to an aromatic ring is 1. The molecule has 1 aromatic carbocycles. The predicted molar refractivity (Wildman–Crippen MR) is 158 cm³/mol. The molecule has 2 atom stereocenters. The highest BCUT2D eigenvalue weighted by atomic mass is 19.1. The number of likely N-dealkylation sites (tertiary alicyclic amines) is 3. The van der Waals surface area contributed by atoms with Gasteiger partial charge in [-0.2, -0.15) is 0 Å². The van der Waals surface area contributed by atoms with Crippen LogP contribution in [0.4, 0.5) is 15.9 Å². The fourth-order valence-corrected chi connectivity index (χ4v) is 8.11. The van der Waals surface area contributed by atoms with E-state index < -0.39 is 5.67 Å². The summed E-state index contributed by atoms with van der Waals surface area (Å²) >= 11 is 0. The van der Waals surface area contributed by atoms with Crippen molar-refractivity contribution in [2.24, 2.45) is 0 Å². The van der Waals surface area contributed by atoms with Crippen molar-refractivity contribution < 1.29 is 9.18 Å². The Balaban J connectivity index is 1.00. The molecule has 0 radical (unpaired) electrons. The van der Waals surface area contributed by atoms with E-state index in [1.165, 1.54) is 24.1 Å². The summed E-state index contributed by atoms with van der Waals surface area (Å²) in [6.45, 7) is 7.85. The second-order valence-corrected chi connectivity index (χ2v) is 12.8. The number of halogens is 1. The smallest absolute Gasteiger partial charge is 0.260 e. The number of piperidine rings is 2. The number of likely N-dealkylation sites (N-methyl/N-ethyl adjacent to an activating group) is 1. The van der Waals surface area contributed by atoms with Gasteiger partial charge in [-0.25, -0.2) is 9.37 Å². The molecule has 216 valence electrons. The number of aromatic nitrogens is 1. The lowest BCUT2D eigenvalue weighted by atomic mass is 9.73. The second-order valence-electron chi connectivity index (χ2n) is 12.8. The van der Waals surface area contributed by atoms with Crippen LogP contribution in [0.1, 0.15) is 63.0 Å². The monoisotopic (exact) mass is 548 g/mol. The molecular weight excluding hydrogens is 503 g/mol. The number of rotatable bonds is 4. The molecule has 0 aliphatic carbocycles. The zero-order valence-corrected chi connectivity index (χ0v) is 24.2. The second kappa shape index (κ2) is 10.9. The summed E-state index contributed by atoms with van der Waals surface area (Å²) in [6, 6.07) is 13.7. The lowest BCUT2D eigenvalue weighted by Crippen LogP contribution is -2.56. The fourth-order valence-electron chi connectivity index (χ4n) is 8.11. The number of carbonyl (C=O) groups excluding carboxylic acids is 1. The van der Waals surface area contributed by atoms with Crippen molar-refractivity contribution in [3.05, 3.63) is 53.7 Å². The van der Waals surface area contributed by atoms with E-state index in [4.69, 9.17) is 5.73 Å². The molecule has 2 aromatic rings. The molecule has 3 saturated heterocycles. The van der Waals surface area contributed by atoms with Gasteiger partial charge in [0.2, 0.25) is 0 Å². The zero-order chi connectivity index (χ0) is 27.9. The molecule has 5 heterocycles. The molecule has 3 fully saturated rings. The highest BCUT2D eigenvalue weighted by Gasteiger charge is 2.47. The van der Waals surface area contributed by atoms with Crippen LogP contribution >= 0.6 is 0 Å². The van der Waals surface area contributed by atoms with E-state index in [0.29, 0.717) is 50.6 Å². The Morgan fingerprint density at radius 3 is 2.52 bits per heavy atom. The Labute approximate surface area is 238 Å². The largest absolute Gasteiger partial charge is 0.384 e. The summed E-state index contributed by atoms with van der Waals surface area (Å²) in [7, 11) is 2.26. The highest BCUT2D eigenvalue weighted by molar-refractivity contribution is 5.85. The van der Waals surface area contributed by atoms with Crippen molar-refractivity contribution >= 4 is 17.4 Å². The minimum atomic E-state index is -1.74. The maximum atomic E-state index is 15.9. The van der Waals surface area contributed by atoms with E-state index in [1.54, 1.807) is 6.20 Å². The minimum absolute atomic E-state index is 0.212. The van der Waals surface area contributed by atoms with Gasteiger partial charge in [0, 0.05) is 88.5 Å². The first-order valence-electron chi connectivity index (χ1n) is 15.2. The van der Waals surface area contributed by atoms with Crippen LogP contribution in [0.5, 0.6) is 0 Å². The van der Waals surface area contributed by atoms with Crippen molar-refractivity contribution in [3.8, 4) is 0 Å². The van der Waals surface area contributed by atoms with Crippen LogP contribution in [0.3, 0.4) is 0 Å². The van der Waals surface area contributed by atoms with Gasteiger partial charge in [0.15, 0.2) is 5.67 Å². The topological polar surface area (TPSA) is 68.9 Å². The predicted octanol–water partition coefficient (Wildman–Crippen LogP) is 4.22.